The quantitative estimate of drug-likeness (QED) is 0.275. The van der Waals surface area contributed by atoms with Crippen molar-refractivity contribution in [1.29, 1.82) is 0 Å². The topological polar surface area (TPSA) is 31.4 Å². The number of nitrogens with zero attached hydrogens (tertiary/aromatic N) is 1. The van der Waals surface area contributed by atoms with Crippen molar-refractivity contribution in [1.82, 2.24) is 4.98 Å². The van der Waals surface area contributed by atoms with Gasteiger partial charge in [-0.1, -0.05) is 0 Å². The van der Waals surface area contributed by atoms with Crippen LogP contribution in [0.2, 0.25) is 18.3 Å². The van der Waals surface area contributed by atoms with Gasteiger partial charge in [0.25, 0.3) is 0 Å². The molecule has 0 saturated heterocycles. The van der Waals surface area contributed by atoms with Crippen molar-refractivity contribution in [2.24, 2.45) is 0 Å². The Hall–Kier alpha value is -0.00130. The molecule has 5 heteroatoms. The van der Waals surface area contributed by atoms with Crippen LogP contribution in [0.25, 0.3) is 0 Å². The van der Waals surface area contributed by atoms with E-state index >= 15 is 0 Å². The van der Waals surface area contributed by atoms with Gasteiger partial charge in [0.05, 0.1) is 0 Å². The van der Waals surface area contributed by atoms with E-state index in [9.17, 15) is 0 Å². The van der Waals surface area contributed by atoms with Gasteiger partial charge in [0.2, 0.25) is 0 Å². The molecule has 0 aromatic carbocycles. The number of aromatic nitrogens is 1. The van der Waals surface area contributed by atoms with Gasteiger partial charge in [-0.15, -0.1) is 0 Å². The van der Waals surface area contributed by atoms with E-state index in [4.69, 9.17) is 26.1 Å². The van der Waals surface area contributed by atoms with Gasteiger partial charge in [0, 0.05) is 0 Å². The first kappa shape index (κ1) is 22.0. The third kappa shape index (κ3) is 6.72. The Kier molecular flexibility index (Phi) is 11.4. The van der Waals surface area contributed by atoms with Crippen LogP contribution in [0.3, 0.4) is 0 Å². The van der Waals surface area contributed by atoms with Crippen LogP contribution < -0.4 is 8.45 Å². The van der Waals surface area contributed by atoms with Crippen LogP contribution in [-0.2, 0) is 4.74 Å². The van der Waals surface area contributed by atoms with Crippen LogP contribution in [0.5, 0.6) is 5.75 Å². The van der Waals surface area contributed by atoms with Gasteiger partial charge in [-0.25, -0.2) is 0 Å². The summed E-state index contributed by atoms with van der Waals surface area (Å²) in [7, 11) is 1.65. The van der Waals surface area contributed by atoms with E-state index in [1.807, 2.05) is 12.3 Å². The molecule has 24 heavy (non-hydrogen) atoms. The minimum atomic E-state index is -2.61. The van der Waals surface area contributed by atoms with Crippen LogP contribution >= 0.6 is 11.6 Å². The van der Waals surface area contributed by atoms with Crippen LogP contribution in [-0.4, -0.2) is 37.3 Å². The van der Waals surface area contributed by atoms with Gasteiger partial charge in [0.1, 0.15) is 0 Å². The molecule has 0 N–H and O–H groups in total. The Morgan fingerprint density at radius 2 is 1.54 bits per heavy atom. The average Bonchev–Trinajstić information content (AvgIpc) is 2.60. The van der Waals surface area contributed by atoms with Crippen molar-refractivity contribution in [2.75, 3.05) is 13.9 Å². The molecule has 3 nitrogen and oxygen atoms in total. The van der Waals surface area contributed by atoms with Crippen molar-refractivity contribution < 1.29 is 9.47 Å². The van der Waals surface area contributed by atoms with E-state index in [1.54, 1.807) is 7.11 Å². The van der Waals surface area contributed by atoms with E-state index in [0.717, 1.165) is 5.75 Å². The zero-order valence-electron chi connectivity index (χ0n) is 15.9. The summed E-state index contributed by atoms with van der Waals surface area (Å²) < 4.78 is 16.4. The zero-order chi connectivity index (χ0) is 17.8. The third-order valence-corrected chi connectivity index (χ3v) is 20.0. The Morgan fingerprint density at radius 3 is 2.00 bits per heavy atom. The number of ether oxygens (including phenoxy) is 2. The predicted octanol–water partition coefficient (Wildman–Crippen LogP) is 5.77. The Balaban J connectivity index is 3.26. The molecule has 1 rings (SSSR count). The summed E-state index contributed by atoms with van der Waals surface area (Å²) in [6.07, 6.45) is 9.47. The van der Waals surface area contributed by atoms with Crippen molar-refractivity contribution in [3.05, 3.63) is 17.3 Å². The molecular weight excluding hydrogens is 428 g/mol. The number of rotatable bonds is 13. The molecule has 0 spiro atoms. The number of halogens is 1. The molecule has 0 aliphatic rings. The Morgan fingerprint density at radius 1 is 1.00 bits per heavy atom. The zero-order valence-corrected chi connectivity index (χ0v) is 19.5. The molecule has 1 heterocycles. The van der Waals surface area contributed by atoms with Crippen LogP contribution in [0.15, 0.2) is 12.3 Å². The fourth-order valence-corrected chi connectivity index (χ4v) is 19.3. The standard InChI is InChI=1S/C7H7ClNO2.3C4H9.Sn/c1-10-5-11-7-2-6(8)3-9-4-7;3*1-3-4-2;/h2-3H,5H2,1H3;3*1,3-4H2,2H3;. The summed E-state index contributed by atoms with van der Waals surface area (Å²) in [4.78, 5) is 4.84. The number of hydrogen-bond donors (Lipinski definition) is 0. The Labute approximate surface area is 157 Å². The predicted molar refractivity (Wildman–Crippen MR) is 106 cm³/mol. The molecule has 0 aliphatic carbocycles. The van der Waals surface area contributed by atoms with Crippen molar-refractivity contribution in [3.63, 3.8) is 0 Å². The molecule has 0 radical (unpaired) electrons. The molecule has 0 bridgehead atoms. The van der Waals surface area contributed by atoms with E-state index < -0.39 is 18.4 Å². The number of methoxy groups -OCH3 is 1. The summed E-state index contributed by atoms with van der Waals surface area (Å²) in [5.74, 6) is 0.878. The fourth-order valence-electron chi connectivity index (χ4n) is 3.33. The SMILES string of the molecule is CCC[CH2][Sn]([CH2]CCC)([CH2]CCC)[c]1ncc(Cl)cc1OCOC. The van der Waals surface area contributed by atoms with E-state index in [2.05, 4.69) is 20.8 Å². The molecule has 0 atom stereocenters. The second-order valence-corrected chi connectivity index (χ2v) is 20.0. The minimum absolute atomic E-state index is 0.256. The average molecular weight is 463 g/mol. The maximum atomic E-state index is 6.20. The van der Waals surface area contributed by atoms with Gasteiger partial charge in [-0.2, -0.15) is 0 Å². The number of pyridine rings is 1. The van der Waals surface area contributed by atoms with Gasteiger partial charge in [0.15, 0.2) is 0 Å². The van der Waals surface area contributed by atoms with Crippen LogP contribution in [0.4, 0.5) is 0 Å². The Bertz CT molecular complexity index is 449. The fraction of sp³-hybridized carbons (Fsp3) is 0.737. The van der Waals surface area contributed by atoms with Gasteiger partial charge < -0.3 is 0 Å². The van der Waals surface area contributed by atoms with Gasteiger partial charge in [-0.05, 0) is 0 Å². The monoisotopic (exact) mass is 463 g/mol. The van der Waals surface area contributed by atoms with Gasteiger partial charge in [-0.3, -0.25) is 0 Å². The number of hydrogen-bond acceptors (Lipinski definition) is 3. The molecule has 0 amide bonds. The van der Waals surface area contributed by atoms with E-state index in [-0.39, 0.29) is 6.79 Å². The first-order valence-electron chi connectivity index (χ1n) is 9.41. The van der Waals surface area contributed by atoms with Gasteiger partial charge >= 0.3 is 158 Å². The second kappa shape index (κ2) is 12.4. The normalized spacial score (nSPS) is 11.7. The molecule has 0 fully saturated rings. The molecule has 0 saturated carbocycles. The molecule has 1 aromatic heterocycles. The second-order valence-electron chi connectivity index (χ2n) is 6.64. The molecule has 0 unspecified atom stereocenters. The first-order valence-corrected chi connectivity index (χ1v) is 17.3. The molecule has 1 aromatic rings. The molecule has 0 aliphatic heterocycles. The summed E-state index contributed by atoms with van der Waals surface area (Å²) in [5.41, 5.74) is 0. The maximum absolute atomic E-state index is 6.20. The molecule has 138 valence electrons. The van der Waals surface area contributed by atoms with E-state index in [0.29, 0.717) is 5.02 Å². The van der Waals surface area contributed by atoms with Crippen molar-refractivity contribution >= 4 is 33.7 Å². The summed E-state index contributed by atoms with van der Waals surface area (Å²) >= 11 is 3.58. The van der Waals surface area contributed by atoms with Crippen molar-refractivity contribution in [3.8, 4) is 5.75 Å². The molecular formula is C19H34ClNO2Sn. The van der Waals surface area contributed by atoms with E-state index in [1.165, 1.54) is 55.5 Å². The summed E-state index contributed by atoms with van der Waals surface area (Å²) in [6, 6.07) is 1.94. The third-order valence-electron chi connectivity index (χ3n) is 4.68. The summed E-state index contributed by atoms with van der Waals surface area (Å²) in [5, 5.41) is 0.645. The number of unbranched alkanes of at least 4 members (excludes halogenated alkanes) is 3. The van der Waals surface area contributed by atoms with Crippen LogP contribution in [0, 0.1) is 0 Å². The van der Waals surface area contributed by atoms with Crippen molar-refractivity contribution in [2.45, 2.75) is 72.6 Å². The summed E-state index contributed by atoms with van der Waals surface area (Å²) in [6.45, 7) is 7.11. The first-order chi connectivity index (χ1) is 11.6. The van der Waals surface area contributed by atoms with Crippen LogP contribution in [0.1, 0.15) is 59.3 Å².